The van der Waals surface area contributed by atoms with Gasteiger partial charge in [-0.05, 0) is 34.1 Å². The van der Waals surface area contributed by atoms with Gasteiger partial charge in [0.1, 0.15) is 5.82 Å². The lowest BCUT2D eigenvalue weighted by atomic mass is 10.0. The van der Waals surface area contributed by atoms with E-state index in [0.29, 0.717) is 10.0 Å². The maximum absolute atomic E-state index is 13.9. The van der Waals surface area contributed by atoms with Gasteiger partial charge in [-0.15, -0.1) is 0 Å². The summed E-state index contributed by atoms with van der Waals surface area (Å²) in [7, 11) is 1.87. The summed E-state index contributed by atoms with van der Waals surface area (Å²) in [5, 5.41) is 0.829. The largest absolute Gasteiger partial charge is 0.350 e. The van der Waals surface area contributed by atoms with Crippen LogP contribution in [0, 0.1) is 5.82 Å². The van der Waals surface area contributed by atoms with Crippen LogP contribution in [0.15, 0.2) is 53.1 Å². The summed E-state index contributed by atoms with van der Waals surface area (Å²) in [6.07, 6.45) is 1.74. The highest BCUT2D eigenvalue weighted by atomic mass is 79.9. The Labute approximate surface area is 124 Å². The van der Waals surface area contributed by atoms with Gasteiger partial charge in [0.15, 0.2) is 5.78 Å². The van der Waals surface area contributed by atoms with Gasteiger partial charge in [-0.3, -0.25) is 4.79 Å². The van der Waals surface area contributed by atoms with Gasteiger partial charge < -0.3 is 4.57 Å². The Balaban J connectivity index is 2.24. The quantitative estimate of drug-likeness (QED) is 0.641. The van der Waals surface area contributed by atoms with E-state index in [2.05, 4.69) is 15.9 Å². The number of fused-ring (bicyclic) bond motifs is 1. The molecule has 0 atom stereocenters. The molecule has 0 radical (unpaired) electrons. The van der Waals surface area contributed by atoms with Crippen LogP contribution in [0.2, 0.25) is 0 Å². The van der Waals surface area contributed by atoms with Crippen molar-refractivity contribution in [1.82, 2.24) is 4.57 Å². The number of halogens is 2. The lowest BCUT2D eigenvalue weighted by Crippen LogP contribution is -2.05. The molecule has 0 bridgehead atoms. The van der Waals surface area contributed by atoms with E-state index < -0.39 is 5.82 Å². The zero-order chi connectivity index (χ0) is 14.3. The number of carbonyl (C=O) groups is 1. The van der Waals surface area contributed by atoms with Gasteiger partial charge in [-0.1, -0.05) is 24.3 Å². The minimum absolute atomic E-state index is 0.0730. The first-order chi connectivity index (χ1) is 9.59. The van der Waals surface area contributed by atoms with Gasteiger partial charge in [-0.25, -0.2) is 4.39 Å². The van der Waals surface area contributed by atoms with Gasteiger partial charge in [0.2, 0.25) is 0 Å². The number of aromatic nitrogens is 1. The second-order valence-electron chi connectivity index (χ2n) is 4.60. The van der Waals surface area contributed by atoms with Crippen molar-refractivity contribution in [2.24, 2.45) is 7.05 Å². The average Bonchev–Trinajstić information content (AvgIpc) is 2.76. The molecule has 0 saturated heterocycles. The molecule has 0 unspecified atom stereocenters. The molecule has 100 valence electrons. The van der Waals surface area contributed by atoms with E-state index in [1.807, 2.05) is 35.9 Å². The van der Waals surface area contributed by atoms with Crippen molar-refractivity contribution in [3.63, 3.8) is 0 Å². The number of ketones is 1. The van der Waals surface area contributed by atoms with Crippen LogP contribution in [0.25, 0.3) is 10.9 Å². The number of carbonyl (C=O) groups excluding carboxylic acids is 1. The van der Waals surface area contributed by atoms with E-state index in [1.54, 1.807) is 18.3 Å². The molecule has 3 aromatic rings. The van der Waals surface area contributed by atoms with E-state index in [0.717, 1.165) is 10.9 Å². The Morgan fingerprint density at radius 2 is 1.90 bits per heavy atom. The summed E-state index contributed by atoms with van der Waals surface area (Å²) in [5.74, 6) is -0.830. The van der Waals surface area contributed by atoms with Crippen molar-refractivity contribution >= 4 is 32.6 Å². The normalized spacial score (nSPS) is 10.9. The van der Waals surface area contributed by atoms with Crippen LogP contribution >= 0.6 is 15.9 Å². The molecule has 0 fully saturated rings. The second-order valence-corrected chi connectivity index (χ2v) is 5.45. The first-order valence-corrected chi connectivity index (χ1v) is 6.91. The Bertz CT molecular complexity index is 802. The van der Waals surface area contributed by atoms with Crippen molar-refractivity contribution in [2.45, 2.75) is 0 Å². The number of nitrogens with zero attached hydrogens (tertiary/aromatic N) is 1. The van der Waals surface area contributed by atoms with Crippen LogP contribution in [-0.2, 0) is 7.05 Å². The van der Waals surface area contributed by atoms with Gasteiger partial charge in [0.05, 0.1) is 5.56 Å². The Morgan fingerprint density at radius 3 is 2.65 bits per heavy atom. The smallest absolute Gasteiger partial charge is 0.199 e. The van der Waals surface area contributed by atoms with Gasteiger partial charge >= 0.3 is 0 Å². The average molecular weight is 332 g/mol. The molecule has 0 aliphatic rings. The molecule has 1 aromatic heterocycles. The molecule has 20 heavy (non-hydrogen) atoms. The van der Waals surface area contributed by atoms with Crippen molar-refractivity contribution in [1.29, 1.82) is 0 Å². The summed E-state index contributed by atoms with van der Waals surface area (Å²) in [4.78, 5) is 12.6. The number of aryl methyl sites for hydroxylation is 1. The standard InChI is InChI=1S/C16H11BrFNO/c1-19-9-11(10-5-2-3-8-14(10)19)16(20)15-12(17)6-4-7-13(15)18/h2-9H,1H3. The van der Waals surface area contributed by atoms with Crippen LogP contribution < -0.4 is 0 Å². The molecule has 0 aliphatic heterocycles. The number of benzene rings is 2. The fourth-order valence-corrected chi connectivity index (χ4v) is 2.89. The Hall–Kier alpha value is -1.94. The predicted molar refractivity (Wildman–Crippen MR) is 80.5 cm³/mol. The van der Waals surface area contributed by atoms with E-state index in [1.165, 1.54) is 6.07 Å². The summed E-state index contributed by atoms with van der Waals surface area (Å²) in [6.45, 7) is 0. The van der Waals surface area contributed by atoms with E-state index in [-0.39, 0.29) is 11.3 Å². The van der Waals surface area contributed by atoms with Crippen LogP contribution in [0.4, 0.5) is 4.39 Å². The van der Waals surface area contributed by atoms with Gasteiger partial charge in [-0.2, -0.15) is 0 Å². The SMILES string of the molecule is Cn1cc(C(=O)c2c(F)cccc2Br)c2ccccc21. The number of rotatable bonds is 2. The highest BCUT2D eigenvalue weighted by Gasteiger charge is 2.20. The number of hydrogen-bond acceptors (Lipinski definition) is 1. The fraction of sp³-hybridized carbons (Fsp3) is 0.0625. The molecule has 0 amide bonds. The van der Waals surface area contributed by atoms with Gasteiger partial charge in [0, 0.05) is 34.2 Å². The van der Waals surface area contributed by atoms with Crippen molar-refractivity contribution < 1.29 is 9.18 Å². The molecule has 0 spiro atoms. The topological polar surface area (TPSA) is 22.0 Å². The first-order valence-electron chi connectivity index (χ1n) is 6.12. The fourth-order valence-electron chi connectivity index (χ4n) is 2.37. The minimum atomic E-state index is -0.516. The lowest BCUT2D eigenvalue weighted by Gasteiger charge is -2.04. The molecule has 2 aromatic carbocycles. The molecule has 4 heteroatoms. The van der Waals surface area contributed by atoms with Crippen LogP contribution in [0.1, 0.15) is 15.9 Å². The first kappa shape index (κ1) is 13.1. The molecule has 3 rings (SSSR count). The van der Waals surface area contributed by atoms with E-state index in [9.17, 15) is 9.18 Å². The number of para-hydroxylation sites is 1. The summed E-state index contributed by atoms with van der Waals surface area (Å²) < 4.78 is 16.3. The molecule has 1 heterocycles. The minimum Gasteiger partial charge on any atom is -0.350 e. The van der Waals surface area contributed by atoms with Crippen molar-refractivity contribution in [3.05, 3.63) is 70.1 Å². The van der Waals surface area contributed by atoms with Gasteiger partial charge in [0.25, 0.3) is 0 Å². The lowest BCUT2D eigenvalue weighted by molar-refractivity contribution is 0.103. The maximum Gasteiger partial charge on any atom is 0.199 e. The Morgan fingerprint density at radius 1 is 1.15 bits per heavy atom. The van der Waals surface area contributed by atoms with Crippen LogP contribution in [0.5, 0.6) is 0 Å². The monoisotopic (exact) mass is 331 g/mol. The molecule has 2 nitrogen and oxygen atoms in total. The third-order valence-corrected chi connectivity index (χ3v) is 3.99. The van der Waals surface area contributed by atoms with E-state index in [4.69, 9.17) is 0 Å². The summed E-state index contributed by atoms with van der Waals surface area (Å²) >= 11 is 3.25. The third-order valence-electron chi connectivity index (χ3n) is 3.33. The highest BCUT2D eigenvalue weighted by molar-refractivity contribution is 9.10. The molecular formula is C16H11BrFNO. The molecular weight excluding hydrogens is 321 g/mol. The van der Waals surface area contributed by atoms with Crippen molar-refractivity contribution in [3.8, 4) is 0 Å². The Kier molecular flexibility index (Phi) is 3.18. The van der Waals surface area contributed by atoms with Crippen LogP contribution in [-0.4, -0.2) is 10.4 Å². The number of hydrogen-bond donors (Lipinski definition) is 0. The molecule has 0 saturated carbocycles. The van der Waals surface area contributed by atoms with Crippen molar-refractivity contribution in [2.75, 3.05) is 0 Å². The predicted octanol–water partition coefficient (Wildman–Crippen LogP) is 4.31. The zero-order valence-corrected chi connectivity index (χ0v) is 12.3. The van der Waals surface area contributed by atoms with E-state index >= 15 is 0 Å². The molecule has 0 aliphatic carbocycles. The zero-order valence-electron chi connectivity index (χ0n) is 10.7. The second kappa shape index (κ2) is 4.87. The summed E-state index contributed by atoms with van der Waals surface area (Å²) in [5.41, 5.74) is 1.53. The van der Waals surface area contributed by atoms with Crippen LogP contribution in [0.3, 0.4) is 0 Å². The summed E-state index contributed by atoms with van der Waals surface area (Å²) in [6, 6.07) is 12.1. The maximum atomic E-state index is 13.9. The highest BCUT2D eigenvalue weighted by Crippen LogP contribution is 2.27. The molecule has 0 N–H and O–H groups in total. The third kappa shape index (κ3) is 1.96.